The molecular formula is C13H8BrClFNO. The highest BCUT2D eigenvalue weighted by atomic mass is 79.9. The summed E-state index contributed by atoms with van der Waals surface area (Å²) in [6, 6.07) is 6.54. The van der Waals surface area contributed by atoms with Crippen LogP contribution in [0.3, 0.4) is 0 Å². The van der Waals surface area contributed by atoms with Crippen LogP contribution in [0.4, 0.5) is 4.39 Å². The van der Waals surface area contributed by atoms with Gasteiger partial charge < -0.3 is 4.74 Å². The fourth-order valence-electron chi connectivity index (χ4n) is 1.57. The van der Waals surface area contributed by atoms with E-state index in [2.05, 4.69) is 15.9 Å². The Kier molecular flexibility index (Phi) is 4.05. The van der Waals surface area contributed by atoms with E-state index in [9.17, 15) is 4.39 Å². The molecule has 0 heterocycles. The lowest BCUT2D eigenvalue weighted by molar-refractivity contribution is 0.399. The largest absolute Gasteiger partial charge is 0.453 e. The molecule has 0 unspecified atom stereocenters. The Labute approximate surface area is 117 Å². The van der Waals surface area contributed by atoms with E-state index in [1.807, 2.05) is 12.1 Å². The predicted molar refractivity (Wildman–Crippen MR) is 71.2 cm³/mol. The number of rotatable bonds is 2. The number of hydrogen-bond donors (Lipinski definition) is 0. The molecule has 5 heteroatoms. The second kappa shape index (κ2) is 5.55. The molecule has 0 amide bonds. The normalized spacial score (nSPS) is 15.1. The average Bonchev–Trinajstić information content (AvgIpc) is 2.33. The van der Waals surface area contributed by atoms with Crippen molar-refractivity contribution < 1.29 is 9.13 Å². The first-order valence-corrected chi connectivity index (χ1v) is 6.40. The molecule has 0 fully saturated rings. The minimum absolute atomic E-state index is 0.146. The number of benzene rings is 1. The highest BCUT2D eigenvalue weighted by Gasteiger charge is 2.17. The smallest absolute Gasteiger partial charge is 0.172 e. The standard InChI is InChI=1S/C13H8BrClFNO/c14-11-2-1-3-12(16)13(11)18-10-5-8(7-17)4-9(15)6-10/h2,4-6H,1,3H2. The molecule has 0 saturated carbocycles. The fourth-order valence-corrected chi connectivity index (χ4v) is 2.32. The summed E-state index contributed by atoms with van der Waals surface area (Å²) in [5.74, 6) is 0.173. The van der Waals surface area contributed by atoms with Crippen molar-refractivity contribution in [3.8, 4) is 11.8 Å². The van der Waals surface area contributed by atoms with E-state index in [4.69, 9.17) is 21.6 Å². The molecule has 0 spiro atoms. The third kappa shape index (κ3) is 2.92. The molecule has 0 atom stereocenters. The zero-order valence-electron chi connectivity index (χ0n) is 9.21. The summed E-state index contributed by atoms with van der Waals surface area (Å²) in [5, 5.41) is 9.20. The Morgan fingerprint density at radius 2 is 2.17 bits per heavy atom. The molecule has 1 aliphatic carbocycles. The van der Waals surface area contributed by atoms with E-state index in [0.29, 0.717) is 33.7 Å². The van der Waals surface area contributed by atoms with Crippen LogP contribution in [0, 0.1) is 11.3 Å². The molecule has 0 radical (unpaired) electrons. The molecular weight excluding hydrogens is 321 g/mol. The highest BCUT2D eigenvalue weighted by molar-refractivity contribution is 9.11. The van der Waals surface area contributed by atoms with Crippen molar-refractivity contribution in [3.05, 3.63) is 50.9 Å². The van der Waals surface area contributed by atoms with Gasteiger partial charge in [-0.2, -0.15) is 5.26 Å². The molecule has 18 heavy (non-hydrogen) atoms. The zero-order chi connectivity index (χ0) is 13.1. The first kappa shape index (κ1) is 13.1. The van der Waals surface area contributed by atoms with Gasteiger partial charge in [0, 0.05) is 11.4 Å². The number of ether oxygens (including phenoxy) is 1. The van der Waals surface area contributed by atoms with Gasteiger partial charge in [0.05, 0.1) is 16.1 Å². The van der Waals surface area contributed by atoms with Crippen LogP contribution in [-0.4, -0.2) is 0 Å². The van der Waals surface area contributed by atoms with Gasteiger partial charge in [0.1, 0.15) is 11.6 Å². The van der Waals surface area contributed by atoms with Crippen molar-refractivity contribution in [2.24, 2.45) is 0 Å². The summed E-state index contributed by atoms with van der Waals surface area (Å²) in [5.41, 5.74) is 0.370. The Balaban J connectivity index is 2.32. The van der Waals surface area contributed by atoms with Crippen LogP contribution in [0.2, 0.25) is 5.02 Å². The Morgan fingerprint density at radius 1 is 1.39 bits per heavy atom. The fraction of sp³-hybridized carbons (Fsp3) is 0.154. The molecule has 0 saturated heterocycles. The molecule has 0 aliphatic heterocycles. The quantitative estimate of drug-likeness (QED) is 0.778. The topological polar surface area (TPSA) is 33.0 Å². The molecule has 92 valence electrons. The second-order valence-electron chi connectivity index (χ2n) is 3.71. The SMILES string of the molecule is N#Cc1cc(Cl)cc(OC2=C(F)CCC=C2Br)c1. The van der Waals surface area contributed by atoms with Crippen molar-refractivity contribution >= 4 is 27.5 Å². The van der Waals surface area contributed by atoms with E-state index in [1.165, 1.54) is 18.2 Å². The number of nitrogens with zero attached hydrogens (tertiary/aromatic N) is 1. The van der Waals surface area contributed by atoms with Crippen LogP contribution < -0.4 is 4.74 Å². The van der Waals surface area contributed by atoms with Gasteiger partial charge in [0.25, 0.3) is 0 Å². The van der Waals surface area contributed by atoms with Crippen molar-refractivity contribution in [3.63, 3.8) is 0 Å². The number of allylic oxidation sites excluding steroid dienone is 3. The third-order valence-corrected chi connectivity index (χ3v) is 3.27. The predicted octanol–water partition coefficient (Wildman–Crippen LogP) is 4.84. The zero-order valence-corrected chi connectivity index (χ0v) is 11.6. The maximum atomic E-state index is 13.7. The van der Waals surface area contributed by atoms with Crippen molar-refractivity contribution in [1.29, 1.82) is 5.26 Å². The van der Waals surface area contributed by atoms with Crippen molar-refractivity contribution in [1.82, 2.24) is 0 Å². The van der Waals surface area contributed by atoms with Crippen LogP contribution >= 0.6 is 27.5 Å². The Morgan fingerprint density at radius 3 is 2.83 bits per heavy atom. The lowest BCUT2D eigenvalue weighted by atomic mass is 10.1. The van der Waals surface area contributed by atoms with Crippen LogP contribution in [0.1, 0.15) is 18.4 Å². The van der Waals surface area contributed by atoms with Gasteiger partial charge in [-0.1, -0.05) is 17.7 Å². The van der Waals surface area contributed by atoms with Crippen molar-refractivity contribution in [2.45, 2.75) is 12.8 Å². The molecule has 0 aromatic heterocycles. The maximum Gasteiger partial charge on any atom is 0.172 e. The van der Waals surface area contributed by atoms with Crippen LogP contribution in [0.15, 0.2) is 40.3 Å². The molecule has 1 aromatic rings. The summed E-state index contributed by atoms with van der Waals surface area (Å²) in [7, 11) is 0. The summed E-state index contributed by atoms with van der Waals surface area (Å²) < 4.78 is 19.7. The van der Waals surface area contributed by atoms with Gasteiger partial charge in [-0.3, -0.25) is 0 Å². The number of halogens is 3. The average molecular weight is 329 g/mol. The minimum atomic E-state index is -0.317. The van der Waals surface area contributed by atoms with E-state index < -0.39 is 0 Å². The van der Waals surface area contributed by atoms with E-state index >= 15 is 0 Å². The highest BCUT2D eigenvalue weighted by Crippen LogP contribution is 2.33. The minimum Gasteiger partial charge on any atom is -0.453 e. The molecule has 0 bridgehead atoms. The van der Waals surface area contributed by atoms with Gasteiger partial charge >= 0.3 is 0 Å². The maximum absolute atomic E-state index is 13.7. The van der Waals surface area contributed by atoms with Crippen molar-refractivity contribution in [2.75, 3.05) is 0 Å². The number of nitriles is 1. The second-order valence-corrected chi connectivity index (χ2v) is 5.01. The molecule has 1 aromatic carbocycles. The Hall–Kier alpha value is -1.31. The van der Waals surface area contributed by atoms with Gasteiger partial charge in [0.2, 0.25) is 0 Å². The lowest BCUT2D eigenvalue weighted by Gasteiger charge is -2.15. The van der Waals surface area contributed by atoms with Crippen LogP contribution in [0.5, 0.6) is 5.75 Å². The third-order valence-electron chi connectivity index (χ3n) is 2.37. The van der Waals surface area contributed by atoms with Crippen LogP contribution in [0.25, 0.3) is 0 Å². The summed E-state index contributed by atoms with van der Waals surface area (Å²) in [6.07, 6.45) is 2.79. The molecule has 1 aliphatic rings. The Bertz CT molecular complexity index is 589. The monoisotopic (exact) mass is 327 g/mol. The summed E-state index contributed by atoms with van der Waals surface area (Å²) >= 11 is 9.10. The van der Waals surface area contributed by atoms with E-state index in [1.54, 1.807) is 0 Å². The van der Waals surface area contributed by atoms with Gasteiger partial charge in [0.15, 0.2) is 5.76 Å². The lowest BCUT2D eigenvalue weighted by Crippen LogP contribution is -2.02. The van der Waals surface area contributed by atoms with Crippen LogP contribution in [-0.2, 0) is 0 Å². The summed E-state index contributed by atoms with van der Waals surface area (Å²) in [4.78, 5) is 0. The summed E-state index contributed by atoms with van der Waals surface area (Å²) in [6.45, 7) is 0. The molecule has 2 nitrogen and oxygen atoms in total. The first-order chi connectivity index (χ1) is 8.60. The molecule has 0 N–H and O–H groups in total. The number of hydrogen-bond acceptors (Lipinski definition) is 2. The van der Waals surface area contributed by atoms with E-state index in [0.717, 1.165) is 0 Å². The first-order valence-electron chi connectivity index (χ1n) is 5.23. The van der Waals surface area contributed by atoms with Gasteiger partial charge in [-0.25, -0.2) is 4.39 Å². The van der Waals surface area contributed by atoms with Gasteiger partial charge in [-0.15, -0.1) is 0 Å². The van der Waals surface area contributed by atoms with E-state index in [-0.39, 0.29) is 11.6 Å². The van der Waals surface area contributed by atoms with Gasteiger partial charge in [-0.05, 0) is 40.5 Å². The molecule has 2 rings (SSSR count).